The van der Waals surface area contributed by atoms with E-state index in [2.05, 4.69) is 35.8 Å². The summed E-state index contributed by atoms with van der Waals surface area (Å²) in [5, 5.41) is 15.2. The van der Waals surface area contributed by atoms with Crippen molar-refractivity contribution < 1.29 is 4.79 Å². The summed E-state index contributed by atoms with van der Waals surface area (Å²) in [7, 11) is 0. The average Bonchev–Trinajstić information content (AvgIpc) is 3.49. The maximum absolute atomic E-state index is 12.5. The minimum absolute atomic E-state index is 0.198. The number of aryl methyl sites for hydroxylation is 1. The number of aromatic nitrogens is 7. The smallest absolute Gasteiger partial charge is 0.320 e. The van der Waals surface area contributed by atoms with Crippen molar-refractivity contribution in [3.63, 3.8) is 0 Å². The Bertz CT molecular complexity index is 1410. The van der Waals surface area contributed by atoms with Gasteiger partial charge in [-0.05, 0) is 49.7 Å². The molecule has 0 radical (unpaired) electrons. The molecule has 2 N–H and O–H groups in total. The molecule has 0 aliphatic rings. The summed E-state index contributed by atoms with van der Waals surface area (Å²) < 4.78 is 3.47. The van der Waals surface area contributed by atoms with Gasteiger partial charge >= 0.3 is 6.03 Å². The molecule has 0 aliphatic carbocycles. The van der Waals surface area contributed by atoms with Gasteiger partial charge in [0.1, 0.15) is 18.5 Å². The molecule has 1 aromatic carbocycles. The Morgan fingerprint density at radius 3 is 2.61 bits per heavy atom. The van der Waals surface area contributed by atoms with Crippen LogP contribution in [0.25, 0.3) is 22.3 Å². The van der Waals surface area contributed by atoms with E-state index in [1.807, 2.05) is 50.2 Å². The first-order valence-corrected chi connectivity index (χ1v) is 10.4. The van der Waals surface area contributed by atoms with Crippen molar-refractivity contribution in [2.75, 3.05) is 5.32 Å². The molecule has 164 valence electrons. The summed E-state index contributed by atoms with van der Waals surface area (Å²) in [5.41, 5.74) is 4.51. The van der Waals surface area contributed by atoms with E-state index in [1.165, 1.54) is 6.33 Å². The Labute approximate surface area is 189 Å². The topological polar surface area (TPSA) is 115 Å². The van der Waals surface area contributed by atoms with E-state index < -0.39 is 0 Å². The Hall–Kier alpha value is -4.60. The van der Waals surface area contributed by atoms with Crippen LogP contribution in [0.3, 0.4) is 0 Å². The third-order valence-electron chi connectivity index (χ3n) is 5.24. The van der Waals surface area contributed by atoms with Crippen molar-refractivity contribution in [2.45, 2.75) is 19.9 Å². The maximum Gasteiger partial charge on any atom is 0.320 e. The van der Waals surface area contributed by atoms with Crippen molar-refractivity contribution in [3.05, 3.63) is 85.0 Å². The van der Waals surface area contributed by atoms with Gasteiger partial charge in [-0.1, -0.05) is 12.1 Å². The second kappa shape index (κ2) is 8.50. The number of amides is 2. The van der Waals surface area contributed by atoms with Crippen molar-refractivity contribution in [1.82, 2.24) is 39.8 Å². The molecule has 4 heterocycles. The van der Waals surface area contributed by atoms with Gasteiger partial charge in [-0.15, -0.1) is 0 Å². The number of hydrogen-bond acceptors (Lipinski definition) is 6. The zero-order valence-electron chi connectivity index (χ0n) is 18.0. The normalized spacial score (nSPS) is 11.9. The van der Waals surface area contributed by atoms with Gasteiger partial charge < -0.3 is 5.32 Å². The molecule has 0 spiro atoms. The van der Waals surface area contributed by atoms with Gasteiger partial charge in [-0.3, -0.25) is 10.3 Å². The molecule has 0 aliphatic heterocycles. The zero-order valence-corrected chi connectivity index (χ0v) is 18.0. The fourth-order valence-corrected chi connectivity index (χ4v) is 3.55. The van der Waals surface area contributed by atoms with Crippen molar-refractivity contribution in [2.24, 2.45) is 0 Å². The van der Waals surface area contributed by atoms with Crippen LogP contribution in [-0.2, 0) is 0 Å². The van der Waals surface area contributed by atoms with E-state index >= 15 is 0 Å². The van der Waals surface area contributed by atoms with E-state index in [9.17, 15) is 4.79 Å². The van der Waals surface area contributed by atoms with Gasteiger partial charge in [0, 0.05) is 17.3 Å². The molecule has 5 rings (SSSR count). The van der Waals surface area contributed by atoms with Gasteiger partial charge in [0.05, 0.1) is 35.3 Å². The molecule has 4 aromatic heterocycles. The summed E-state index contributed by atoms with van der Waals surface area (Å²) >= 11 is 0. The summed E-state index contributed by atoms with van der Waals surface area (Å²) in [6, 6.07) is 12.8. The van der Waals surface area contributed by atoms with Crippen LogP contribution in [0, 0.1) is 6.92 Å². The number of pyridine rings is 2. The monoisotopic (exact) mass is 439 g/mol. The largest absolute Gasteiger partial charge is 0.331 e. The number of urea groups is 1. The molecule has 0 saturated heterocycles. The highest BCUT2D eigenvalue weighted by Gasteiger charge is 2.12. The first-order chi connectivity index (χ1) is 16.1. The van der Waals surface area contributed by atoms with E-state index in [-0.39, 0.29) is 12.1 Å². The number of carbonyl (C=O) groups excluding carboxylic acids is 1. The summed E-state index contributed by atoms with van der Waals surface area (Å²) in [5.74, 6) is 0.444. The quantitative estimate of drug-likeness (QED) is 0.432. The standard InChI is InChI=1S/C23H21N9O/c1-15-9-20(7-8-25-15)32-21-12-26-22(10-18(21)11-27-32)30-23(33)29-16(2)17-3-5-19(6-4-17)31-14-24-13-28-31/h3-14,16H,1-2H3,(H2,26,29,30,33). The number of hydrogen-bond donors (Lipinski definition) is 2. The van der Waals surface area contributed by atoms with Crippen LogP contribution in [0.4, 0.5) is 10.6 Å². The molecule has 10 heteroatoms. The molecular weight excluding hydrogens is 418 g/mol. The minimum atomic E-state index is -0.341. The van der Waals surface area contributed by atoms with E-state index in [4.69, 9.17) is 0 Å². The molecular formula is C23H21N9O. The van der Waals surface area contributed by atoms with Crippen molar-refractivity contribution >= 4 is 22.8 Å². The number of carbonyl (C=O) groups is 1. The SMILES string of the molecule is Cc1cc(-n2ncc3cc(NC(=O)NC(C)c4ccc(-n5cncn5)cc4)ncc32)ccn1. The van der Waals surface area contributed by atoms with Crippen molar-refractivity contribution in [1.29, 1.82) is 0 Å². The molecule has 5 aromatic rings. The number of fused-ring (bicyclic) bond motifs is 1. The fourth-order valence-electron chi connectivity index (χ4n) is 3.55. The van der Waals surface area contributed by atoms with Gasteiger partial charge in [-0.25, -0.2) is 24.1 Å². The molecule has 10 nitrogen and oxygen atoms in total. The highest BCUT2D eigenvalue weighted by Crippen LogP contribution is 2.21. The van der Waals surface area contributed by atoms with Gasteiger partial charge in [0.2, 0.25) is 0 Å². The number of anilines is 1. The van der Waals surface area contributed by atoms with E-state index in [0.717, 1.165) is 33.5 Å². The molecule has 33 heavy (non-hydrogen) atoms. The lowest BCUT2D eigenvalue weighted by atomic mass is 10.1. The highest BCUT2D eigenvalue weighted by atomic mass is 16.2. The fraction of sp³-hybridized carbons (Fsp3) is 0.130. The van der Waals surface area contributed by atoms with Crippen LogP contribution < -0.4 is 10.6 Å². The number of rotatable bonds is 5. The Balaban J connectivity index is 1.26. The van der Waals surface area contributed by atoms with Crippen molar-refractivity contribution in [3.8, 4) is 11.4 Å². The number of nitrogens with one attached hydrogen (secondary N) is 2. The Morgan fingerprint density at radius 1 is 1.00 bits per heavy atom. The van der Waals surface area contributed by atoms with Gasteiger partial charge in [0.15, 0.2) is 0 Å². The van der Waals surface area contributed by atoms with Crippen LogP contribution in [0.1, 0.15) is 24.2 Å². The maximum atomic E-state index is 12.5. The third-order valence-corrected chi connectivity index (χ3v) is 5.24. The summed E-state index contributed by atoms with van der Waals surface area (Å²) in [6.07, 6.45) is 8.30. The summed E-state index contributed by atoms with van der Waals surface area (Å²) in [6.45, 7) is 3.85. The first-order valence-electron chi connectivity index (χ1n) is 10.4. The van der Waals surface area contributed by atoms with Crippen LogP contribution in [0.5, 0.6) is 0 Å². The predicted molar refractivity (Wildman–Crippen MR) is 123 cm³/mol. The second-order valence-corrected chi connectivity index (χ2v) is 7.59. The van der Waals surface area contributed by atoms with Crippen LogP contribution >= 0.6 is 0 Å². The minimum Gasteiger partial charge on any atom is -0.331 e. The Morgan fingerprint density at radius 2 is 1.85 bits per heavy atom. The predicted octanol–water partition coefficient (Wildman–Crippen LogP) is 3.59. The first kappa shape index (κ1) is 20.3. The van der Waals surface area contributed by atoms with Gasteiger partial charge in [0.25, 0.3) is 0 Å². The molecule has 1 unspecified atom stereocenters. The average molecular weight is 439 g/mol. The lowest BCUT2D eigenvalue weighted by molar-refractivity contribution is 0.249. The zero-order chi connectivity index (χ0) is 22.8. The van der Waals surface area contributed by atoms with Crippen LogP contribution in [0.2, 0.25) is 0 Å². The third kappa shape index (κ3) is 4.26. The summed E-state index contributed by atoms with van der Waals surface area (Å²) in [4.78, 5) is 25.1. The van der Waals surface area contributed by atoms with Crippen LogP contribution in [0.15, 0.2) is 73.7 Å². The lowest BCUT2D eigenvalue weighted by Crippen LogP contribution is -2.31. The number of nitrogens with zero attached hydrogens (tertiary/aromatic N) is 7. The molecule has 2 amide bonds. The number of benzene rings is 1. The van der Waals surface area contributed by atoms with E-state index in [1.54, 1.807) is 40.3 Å². The molecule has 1 atom stereocenters. The second-order valence-electron chi connectivity index (χ2n) is 7.59. The molecule has 0 fully saturated rings. The Kier molecular flexibility index (Phi) is 5.23. The molecule has 0 saturated carbocycles. The van der Waals surface area contributed by atoms with Gasteiger partial charge in [-0.2, -0.15) is 10.2 Å². The highest BCUT2D eigenvalue weighted by molar-refractivity contribution is 5.91. The molecule has 0 bridgehead atoms. The lowest BCUT2D eigenvalue weighted by Gasteiger charge is -2.15. The van der Waals surface area contributed by atoms with E-state index in [0.29, 0.717) is 5.82 Å². The van der Waals surface area contributed by atoms with Crippen LogP contribution in [-0.4, -0.2) is 40.5 Å².